The van der Waals surface area contributed by atoms with E-state index in [-0.39, 0.29) is 18.6 Å². The minimum Gasteiger partial charge on any atom is -0.294 e. The fourth-order valence-corrected chi connectivity index (χ4v) is 3.85. The first-order chi connectivity index (χ1) is 14.9. The fourth-order valence-electron chi connectivity index (χ4n) is 3.85. The lowest BCUT2D eigenvalue weighted by molar-refractivity contribution is -0.132. The van der Waals surface area contributed by atoms with E-state index in [1.54, 1.807) is 24.7 Å². The maximum atomic E-state index is 13.6. The predicted octanol–water partition coefficient (Wildman–Crippen LogP) is 4.37. The number of Topliss-reactive ketones (excluding diaryl/α,β-unsaturated/α-hetero) is 1. The first-order valence-electron chi connectivity index (χ1n) is 9.74. The normalized spacial score (nSPS) is 17.5. The van der Waals surface area contributed by atoms with E-state index in [1.165, 1.54) is 6.20 Å². The van der Waals surface area contributed by atoms with Gasteiger partial charge in [-0.1, -0.05) is 24.3 Å². The number of hydrogen-bond donors (Lipinski definition) is 0. The molecule has 1 fully saturated rings. The second-order valence-corrected chi connectivity index (χ2v) is 7.44. The molecule has 1 saturated heterocycles. The lowest BCUT2D eigenvalue weighted by atomic mass is 9.95. The van der Waals surface area contributed by atoms with E-state index in [4.69, 9.17) is 6.57 Å². The summed E-state index contributed by atoms with van der Waals surface area (Å²) in [6.07, 6.45) is 4.22. The zero-order valence-electron chi connectivity index (χ0n) is 16.5. The van der Waals surface area contributed by atoms with Crippen LogP contribution in [0.5, 0.6) is 0 Å². The molecule has 0 N–H and O–H groups in total. The third-order valence-corrected chi connectivity index (χ3v) is 5.36. The Kier molecular flexibility index (Phi) is 5.42. The second kappa shape index (κ2) is 8.19. The molecule has 0 spiro atoms. The van der Waals surface area contributed by atoms with Crippen LogP contribution < -0.4 is 0 Å². The molecule has 6 nitrogen and oxygen atoms in total. The molecule has 4 rings (SSSR count). The van der Waals surface area contributed by atoms with Gasteiger partial charge in [0, 0.05) is 59.7 Å². The molecule has 0 unspecified atom stereocenters. The maximum absolute atomic E-state index is 13.6. The summed E-state index contributed by atoms with van der Waals surface area (Å²) < 4.78 is 27.2. The molecular weight excluding hydrogens is 402 g/mol. The summed E-state index contributed by atoms with van der Waals surface area (Å²) in [7, 11) is 0. The summed E-state index contributed by atoms with van der Waals surface area (Å²) >= 11 is 0. The first kappa shape index (κ1) is 20.5. The summed E-state index contributed by atoms with van der Waals surface area (Å²) in [6.45, 7) is 6.28. The van der Waals surface area contributed by atoms with Crippen molar-refractivity contribution in [2.75, 3.05) is 6.54 Å². The van der Waals surface area contributed by atoms with Crippen LogP contribution in [0, 0.1) is 6.57 Å². The molecule has 1 aromatic carbocycles. The van der Waals surface area contributed by atoms with Crippen molar-refractivity contribution in [3.63, 3.8) is 0 Å². The Labute approximate surface area is 177 Å². The highest BCUT2D eigenvalue weighted by molar-refractivity contribution is 6.07. The van der Waals surface area contributed by atoms with Gasteiger partial charge in [0.25, 0.3) is 5.92 Å². The highest BCUT2D eigenvalue weighted by Gasteiger charge is 2.50. The van der Waals surface area contributed by atoms with Gasteiger partial charge in [0.15, 0.2) is 5.78 Å². The predicted molar refractivity (Wildman–Crippen MR) is 110 cm³/mol. The second-order valence-electron chi connectivity index (χ2n) is 7.44. The van der Waals surface area contributed by atoms with Gasteiger partial charge in [-0.25, -0.2) is 15.4 Å². The van der Waals surface area contributed by atoms with Gasteiger partial charge >= 0.3 is 6.17 Å². The summed E-state index contributed by atoms with van der Waals surface area (Å²) in [5.74, 6) is -3.99. The largest absolute Gasteiger partial charge is 0.306 e. The van der Waals surface area contributed by atoms with Crippen molar-refractivity contribution in [1.29, 1.82) is 0 Å². The minimum absolute atomic E-state index is 0.152. The Hall–Kier alpha value is -3.73. The number of alkyl halides is 2. The van der Waals surface area contributed by atoms with Crippen LogP contribution in [0.15, 0.2) is 55.1 Å². The first-order valence-corrected chi connectivity index (χ1v) is 9.74. The van der Waals surface area contributed by atoms with Crippen molar-refractivity contribution >= 4 is 22.5 Å². The maximum Gasteiger partial charge on any atom is 0.306 e. The van der Waals surface area contributed by atoms with Crippen LogP contribution in [0.3, 0.4) is 0 Å². The number of pyridine rings is 2. The van der Waals surface area contributed by atoms with Crippen LogP contribution >= 0.6 is 0 Å². The molecule has 1 amide bonds. The monoisotopic (exact) mass is 420 g/mol. The number of halogens is 2. The highest BCUT2D eigenvalue weighted by Crippen LogP contribution is 2.34. The minimum atomic E-state index is -3.07. The topological polar surface area (TPSA) is 67.5 Å². The number of benzene rings is 1. The van der Waals surface area contributed by atoms with Crippen molar-refractivity contribution in [1.82, 2.24) is 14.9 Å². The number of carbonyl (C=O) groups is 2. The van der Waals surface area contributed by atoms with Crippen LogP contribution in [-0.4, -0.2) is 45.2 Å². The van der Waals surface area contributed by atoms with Gasteiger partial charge in [-0.3, -0.25) is 29.3 Å². The quantitative estimate of drug-likeness (QED) is 0.454. The fraction of sp³-hybridized carbons (Fsp3) is 0.261. The standard InChI is InChI=1S/C23H18F2N4O2/c1-26-21-10-23(24,25)14-29(21)22(31)7-6-20(30)17-8-9-27-12-19(17)18-13-28-11-15-4-2-3-5-16(15)18/h2-5,8-9,11-13,21H,6-7,10,14H2/t21-/m0/s1. The van der Waals surface area contributed by atoms with E-state index in [0.717, 1.165) is 21.2 Å². The smallest absolute Gasteiger partial charge is 0.294 e. The van der Waals surface area contributed by atoms with Crippen molar-refractivity contribution in [2.24, 2.45) is 0 Å². The Balaban J connectivity index is 1.56. The number of rotatable bonds is 5. The van der Waals surface area contributed by atoms with E-state index in [0.29, 0.717) is 11.1 Å². The van der Waals surface area contributed by atoms with E-state index in [1.807, 2.05) is 24.3 Å². The Morgan fingerprint density at radius 2 is 1.87 bits per heavy atom. The van der Waals surface area contributed by atoms with Gasteiger partial charge in [0.05, 0.1) is 6.54 Å². The summed E-state index contributed by atoms with van der Waals surface area (Å²) in [5.41, 5.74) is 1.72. The SMILES string of the molecule is [C-]#[N+][C@@H]1CC(F)(F)CN1C(=O)CCC(=O)c1ccncc1-c1cncc2ccccc12. The average molecular weight is 420 g/mol. The molecule has 31 heavy (non-hydrogen) atoms. The third-order valence-electron chi connectivity index (χ3n) is 5.36. The average Bonchev–Trinajstić information content (AvgIpc) is 3.11. The van der Waals surface area contributed by atoms with Gasteiger partial charge in [-0.2, -0.15) is 0 Å². The molecule has 0 bridgehead atoms. The van der Waals surface area contributed by atoms with Crippen molar-refractivity contribution in [2.45, 2.75) is 31.4 Å². The molecule has 2 aromatic heterocycles. The number of likely N-dealkylation sites (tertiary alicyclic amines) is 1. The molecule has 8 heteroatoms. The zero-order chi connectivity index (χ0) is 22.0. The molecule has 1 aliphatic heterocycles. The van der Waals surface area contributed by atoms with E-state index >= 15 is 0 Å². The number of ketones is 1. The molecular formula is C23H18F2N4O2. The Morgan fingerprint density at radius 3 is 2.68 bits per heavy atom. The molecule has 3 aromatic rings. The summed E-state index contributed by atoms with van der Waals surface area (Å²) in [4.78, 5) is 37.8. The van der Waals surface area contributed by atoms with Gasteiger partial charge in [-0.05, 0) is 11.5 Å². The summed E-state index contributed by atoms with van der Waals surface area (Å²) in [5, 5.41) is 1.83. The van der Waals surface area contributed by atoms with Crippen LogP contribution in [0.25, 0.3) is 26.7 Å². The number of fused-ring (bicyclic) bond motifs is 1. The van der Waals surface area contributed by atoms with Gasteiger partial charge in [0.1, 0.15) is 6.42 Å². The molecule has 1 aliphatic rings. The van der Waals surface area contributed by atoms with E-state index in [2.05, 4.69) is 14.8 Å². The van der Waals surface area contributed by atoms with E-state index in [9.17, 15) is 18.4 Å². The van der Waals surface area contributed by atoms with Crippen molar-refractivity contribution < 1.29 is 18.4 Å². The van der Waals surface area contributed by atoms with E-state index < -0.39 is 31.0 Å². The third kappa shape index (κ3) is 4.12. The number of amides is 1. The molecule has 3 heterocycles. The summed E-state index contributed by atoms with van der Waals surface area (Å²) in [6, 6.07) is 9.21. The molecule has 1 atom stereocenters. The zero-order valence-corrected chi connectivity index (χ0v) is 16.5. The van der Waals surface area contributed by atoms with Gasteiger partial charge in [-0.15, -0.1) is 0 Å². The van der Waals surface area contributed by atoms with Gasteiger partial charge < -0.3 is 0 Å². The lowest BCUT2D eigenvalue weighted by Gasteiger charge is -2.16. The molecule has 0 aliphatic carbocycles. The molecule has 0 radical (unpaired) electrons. The van der Waals surface area contributed by atoms with Crippen LogP contribution in [-0.2, 0) is 4.79 Å². The van der Waals surface area contributed by atoms with Crippen LogP contribution in [0.2, 0.25) is 0 Å². The van der Waals surface area contributed by atoms with Gasteiger partial charge in [0.2, 0.25) is 5.91 Å². The van der Waals surface area contributed by atoms with Crippen LogP contribution in [0.1, 0.15) is 29.6 Å². The molecule has 0 saturated carbocycles. The Bertz CT molecular complexity index is 1200. The van der Waals surface area contributed by atoms with Crippen molar-refractivity contribution in [3.8, 4) is 11.1 Å². The molecule has 156 valence electrons. The van der Waals surface area contributed by atoms with Crippen LogP contribution in [0.4, 0.5) is 8.78 Å². The number of aromatic nitrogens is 2. The number of nitrogens with zero attached hydrogens (tertiary/aromatic N) is 4. The highest BCUT2D eigenvalue weighted by atomic mass is 19.3. The van der Waals surface area contributed by atoms with Crippen molar-refractivity contribution in [3.05, 3.63) is 72.1 Å². The Morgan fingerprint density at radius 1 is 1.10 bits per heavy atom. The number of carbonyl (C=O) groups excluding carboxylic acids is 2. The lowest BCUT2D eigenvalue weighted by Crippen LogP contribution is -2.35. The number of hydrogen-bond acceptors (Lipinski definition) is 4.